The number of phenols is 2. The summed E-state index contributed by atoms with van der Waals surface area (Å²) in [5, 5.41) is 36.0. The van der Waals surface area contributed by atoms with Crippen molar-refractivity contribution in [2.45, 2.75) is 18.1 Å². The molecule has 2 heterocycles. The van der Waals surface area contributed by atoms with Crippen molar-refractivity contribution < 1.29 is 34.4 Å². The number of ketones is 1. The number of hydrogen-bond acceptors (Lipinski definition) is 9. The number of benzene rings is 2. The molecule has 2 aromatic carbocycles. The van der Waals surface area contributed by atoms with E-state index in [0.717, 1.165) is 0 Å². The molecular weight excluding hydrogens is 430 g/mol. The molecule has 5 rings (SSSR count). The summed E-state index contributed by atoms with van der Waals surface area (Å²) in [7, 11) is 0. The van der Waals surface area contributed by atoms with Gasteiger partial charge in [-0.15, -0.1) is 0 Å². The number of phenolic OH excluding ortho intramolecular Hbond substituents is 2. The number of aliphatic hydroxyl groups excluding tert-OH is 1. The van der Waals surface area contributed by atoms with Gasteiger partial charge in [0.1, 0.15) is 11.5 Å². The average molecular weight is 453 g/mol. The molecule has 0 bridgehead atoms. The van der Waals surface area contributed by atoms with Crippen molar-refractivity contribution in [1.29, 1.82) is 0 Å². The lowest BCUT2D eigenvalue weighted by atomic mass is 9.66. The lowest BCUT2D eigenvalue weighted by Crippen LogP contribution is -2.65. The van der Waals surface area contributed by atoms with Gasteiger partial charge in [-0.05, 0) is 23.4 Å². The maximum absolute atomic E-state index is 13.8. The van der Waals surface area contributed by atoms with E-state index in [-0.39, 0.29) is 23.1 Å². The minimum atomic E-state index is -2.17. The SMILES string of the molecule is NC(=O)C1=C(O)C(N2CCNCC2)[C@@H]2Cc3cc4cccc(O)c4c(O)c3C(=O)[C@@]2(C=O)O1. The first-order valence-electron chi connectivity index (χ1n) is 10.6. The molecule has 33 heavy (non-hydrogen) atoms. The fourth-order valence-electron chi connectivity index (χ4n) is 5.38. The van der Waals surface area contributed by atoms with Crippen LogP contribution in [-0.4, -0.2) is 76.0 Å². The van der Waals surface area contributed by atoms with Gasteiger partial charge < -0.3 is 31.1 Å². The summed E-state index contributed by atoms with van der Waals surface area (Å²) in [5.74, 6) is -4.56. The Hall–Kier alpha value is -3.63. The number of nitrogens with one attached hydrogen (secondary N) is 1. The van der Waals surface area contributed by atoms with Crippen molar-refractivity contribution in [1.82, 2.24) is 10.2 Å². The Morgan fingerprint density at radius 2 is 1.97 bits per heavy atom. The van der Waals surface area contributed by atoms with Crippen LogP contribution in [0.4, 0.5) is 0 Å². The maximum atomic E-state index is 13.8. The molecule has 10 nitrogen and oxygen atoms in total. The van der Waals surface area contributed by atoms with Crippen LogP contribution in [0.25, 0.3) is 10.8 Å². The lowest BCUT2D eigenvalue weighted by molar-refractivity contribution is -0.141. The second-order valence-electron chi connectivity index (χ2n) is 8.60. The van der Waals surface area contributed by atoms with Crippen LogP contribution in [0.15, 0.2) is 35.8 Å². The topological polar surface area (TPSA) is 162 Å². The fourth-order valence-corrected chi connectivity index (χ4v) is 5.38. The zero-order valence-corrected chi connectivity index (χ0v) is 17.6. The molecule has 6 N–H and O–H groups in total. The highest BCUT2D eigenvalue weighted by molar-refractivity contribution is 6.18. The maximum Gasteiger partial charge on any atom is 0.287 e. The Bertz CT molecular complexity index is 1230. The molecule has 0 saturated carbocycles. The van der Waals surface area contributed by atoms with Gasteiger partial charge in [0.2, 0.25) is 17.1 Å². The molecule has 1 fully saturated rings. The third-order valence-electron chi connectivity index (χ3n) is 6.88. The van der Waals surface area contributed by atoms with Crippen LogP contribution in [0.1, 0.15) is 15.9 Å². The number of aldehydes is 1. The molecule has 1 unspecified atom stereocenters. The Labute approximate surface area is 188 Å². The van der Waals surface area contributed by atoms with Gasteiger partial charge in [-0.1, -0.05) is 18.2 Å². The molecule has 10 heteroatoms. The zero-order chi connectivity index (χ0) is 23.5. The van der Waals surface area contributed by atoms with E-state index in [0.29, 0.717) is 43.4 Å². The second-order valence-corrected chi connectivity index (χ2v) is 8.60. The number of carbonyl (C=O) groups excluding carboxylic acids is 3. The van der Waals surface area contributed by atoms with Crippen LogP contribution < -0.4 is 11.1 Å². The van der Waals surface area contributed by atoms with Gasteiger partial charge in [0.05, 0.1) is 17.0 Å². The normalized spacial score (nSPS) is 27.6. The Kier molecular flexibility index (Phi) is 4.80. The quantitative estimate of drug-likeness (QED) is 0.320. The number of aromatic hydroxyl groups is 2. The molecule has 1 saturated heterocycles. The summed E-state index contributed by atoms with van der Waals surface area (Å²) in [6, 6.07) is 5.49. The van der Waals surface area contributed by atoms with E-state index in [4.69, 9.17) is 10.5 Å². The Morgan fingerprint density at radius 1 is 1.24 bits per heavy atom. The molecule has 3 aliphatic rings. The minimum absolute atomic E-state index is 0.0760. The summed E-state index contributed by atoms with van der Waals surface area (Å²) in [5.41, 5.74) is 3.55. The van der Waals surface area contributed by atoms with Gasteiger partial charge in [-0.2, -0.15) is 0 Å². The van der Waals surface area contributed by atoms with Gasteiger partial charge in [-0.3, -0.25) is 19.3 Å². The van der Waals surface area contributed by atoms with E-state index >= 15 is 0 Å². The Balaban J connectivity index is 1.75. The first-order valence-corrected chi connectivity index (χ1v) is 10.6. The molecule has 2 aliphatic heterocycles. The van der Waals surface area contributed by atoms with Crippen molar-refractivity contribution in [3.8, 4) is 11.5 Å². The van der Waals surface area contributed by atoms with Crippen molar-refractivity contribution in [2.75, 3.05) is 26.2 Å². The monoisotopic (exact) mass is 453 g/mol. The second kappa shape index (κ2) is 7.46. The number of hydrogen-bond donors (Lipinski definition) is 5. The third kappa shape index (κ3) is 2.91. The first kappa shape index (κ1) is 21.2. The van der Waals surface area contributed by atoms with Crippen LogP contribution in [0, 0.1) is 5.92 Å². The molecule has 0 spiro atoms. The highest BCUT2D eigenvalue weighted by Gasteiger charge is 2.61. The zero-order valence-electron chi connectivity index (χ0n) is 17.6. The van der Waals surface area contributed by atoms with Crippen LogP contribution >= 0.6 is 0 Å². The highest BCUT2D eigenvalue weighted by Crippen LogP contribution is 2.49. The molecule has 0 aromatic heterocycles. The molecule has 172 valence electrons. The first-order chi connectivity index (χ1) is 15.8. The number of nitrogens with zero attached hydrogens (tertiary/aromatic N) is 1. The number of amides is 1. The number of fused-ring (bicyclic) bond motifs is 3. The van der Waals surface area contributed by atoms with Crippen LogP contribution in [-0.2, 0) is 20.7 Å². The van der Waals surface area contributed by atoms with Gasteiger partial charge in [-0.25, -0.2) is 0 Å². The third-order valence-corrected chi connectivity index (χ3v) is 6.88. The standard InChI is InChI=1S/C23H23N3O7/c24-22(32)20-19(30)17(26-6-4-25-5-7-26)13-9-12-8-11-2-1-3-14(28)15(11)18(29)16(12)21(31)23(13,10-27)33-20/h1-3,8,10,13,17,25,28-30H,4-7,9H2,(H2,24,32)/t13-,17?,23-/m0/s1. The number of aliphatic hydroxyl groups is 1. The number of rotatable bonds is 3. The van der Waals surface area contributed by atoms with Gasteiger partial charge in [0.15, 0.2) is 12.0 Å². The summed E-state index contributed by atoms with van der Waals surface area (Å²) in [6.07, 6.45) is 0.422. The fraction of sp³-hybridized carbons (Fsp3) is 0.348. The molecule has 1 aliphatic carbocycles. The summed E-state index contributed by atoms with van der Waals surface area (Å²) < 4.78 is 5.61. The predicted molar refractivity (Wildman–Crippen MR) is 116 cm³/mol. The number of primary amides is 1. The number of piperazine rings is 1. The van der Waals surface area contributed by atoms with E-state index in [2.05, 4.69) is 5.32 Å². The minimum Gasteiger partial charge on any atom is -0.507 e. The average Bonchev–Trinajstić information content (AvgIpc) is 2.79. The van der Waals surface area contributed by atoms with E-state index in [1.165, 1.54) is 6.07 Å². The van der Waals surface area contributed by atoms with E-state index in [9.17, 15) is 29.7 Å². The predicted octanol–water partition coefficient (Wildman–Crippen LogP) is 0.103. The van der Waals surface area contributed by atoms with Gasteiger partial charge >= 0.3 is 0 Å². The molecule has 3 atom stereocenters. The molecular formula is C23H23N3O7. The van der Waals surface area contributed by atoms with Crippen LogP contribution in [0.3, 0.4) is 0 Å². The van der Waals surface area contributed by atoms with E-state index in [1.54, 1.807) is 18.2 Å². The number of ether oxygens (including phenoxy) is 1. The van der Waals surface area contributed by atoms with Crippen LogP contribution in [0.5, 0.6) is 11.5 Å². The van der Waals surface area contributed by atoms with Gasteiger partial charge in [0, 0.05) is 32.1 Å². The van der Waals surface area contributed by atoms with Crippen molar-refractivity contribution in [3.63, 3.8) is 0 Å². The molecule has 1 amide bonds. The summed E-state index contributed by atoms with van der Waals surface area (Å²) in [4.78, 5) is 40.3. The van der Waals surface area contributed by atoms with Gasteiger partial charge in [0.25, 0.3) is 5.91 Å². The number of Topliss-reactive ketones (excluding diaryl/α,β-unsaturated/α-hetero) is 1. The number of carbonyl (C=O) groups is 3. The van der Waals surface area contributed by atoms with Crippen molar-refractivity contribution >= 4 is 28.7 Å². The number of nitrogens with two attached hydrogens (primary N) is 1. The van der Waals surface area contributed by atoms with E-state index < -0.39 is 46.5 Å². The van der Waals surface area contributed by atoms with Crippen molar-refractivity contribution in [2.24, 2.45) is 11.7 Å². The van der Waals surface area contributed by atoms with Crippen molar-refractivity contribution in [3.05, 3.63) is 46.9 Å². The smallest absolute Gasteiger partial charge is 0.287 e. The summed E-state index contributed by atoms with van der Waals surface area (Å²) >= 11 is 0. The largest absolute Gasteiger partial charge is 0.507 e. The lowest BCUT2D eigenvalue weighted by Gasteiger charge is -2.50. The highest BCUT2D eigenvalue weighted by atomic mass is 16.5. The Morgan fingerprint density at radius 3 is 2.64 bits per heavy atom. The molecule has 2 aromatic rings. The molecule has 0 radical (unpaired) electrons. The summed E-state index contributed by atoms with van der Waals surface area (Å²) in [6.45, 7) is 2.24. The van der Waals surface area contributed by atoms with Crippen LogP contribution in [0.2, 0.25) is 0 Å². The van der Waals surface area contributed by atoms with E-state index in [1.807, 2.05) is 4.90 Å².